The summed E-state index contributed by atoms with van der Waals surface area (Å²) in [5.41, 5.74) is 4.68. The molecule has 0 saturated carbocycles. The van der Waals surface area contributed by atoms with E-state index in [0.717, 1.165) is 28.1 Å². The quantitative estimate of drug-likeness (QED) is 0.333. The predicted molar refractivity (Wildman–Crippen MR) is 134 cm³/mol. The number of benzene rings is 3. The Bertz CT molecular complexity index is 1290. The number of halogens is 1. The number of anilines is 1. The summed E-state index contributed by atoms with van der Waals surface area (Å²) < 4.78 is 7.18. The lowest BCUT2D eigenvalue weighted by atomic mass is 10.1. The molecule has 0 aliphatic rings. The minimum absolute atomic E-state index is 0.114. The second-order valence-electron chi connectivity index (χ2n) is 7.41. The van der Waals surface area contributed by atoms with Crippen molar-refractivity contribution in [3.05, 3.63) is 82.9 Å². The number of carbonyl (C=O) groups excluding carboxylic acids is 1. The van der Waals surface area contributed by atoms with Gasteiger partial charge in [0.05, 0.1) is 23.6 Å². The van der Waals surface area contributed by atoms with Gasteiger partial charge >= 0.3 is 0 Å². The lowest BCUT2D eigenvalue weighted by molar-refractivity contribution is -0.113. The Morgan fingerprint density at radius 2 is 1.85 bits per heavy atom. The van der Waals surface area contributed by atoms with Gasteiger partial charge in [-0.2, -0.15) is 0 Å². The fourth-order valence-corrected chi connectivity index (χ4v) is 4.37. The van der Waals surface area contributed by atoms with Crippen LogP contribution in [0.15, 0.2) is 71.9 Å². The Morgan fingerprint density at radius 1 is 1.06 bits per heavy atom. The van der Waals surface area contributed by atoms with E-state index in [2.05, 4.69) is 15.5 Å². The van der Waals surface area contributed by atoms with Gasteiger partial charge in [0.2, 0.25) is 5.91 Å². The van der Waals surface area contributed by atoms with Crippen LogP contribution in [0, 0.1) is 13.8 Å². The first-order valence-corrected chi connectivity index (χ1v) is 11.7. The first-order valence-electron chi connectivity index (χ1n) is 10.3. The van der Waals surface area contributed by atoms with Gasteiger partial charge in [0.25, 0.3) is 0 Å². The smallest absolute Gasteiger partial charge is 0.234 e. The highest BCUT2D eigenvalue weighted by Gasteiger charge is 2.18. The third-order valence-electron chi connectivity index (χ3n) is 5.27. The summed E-state index contributed by atoms with van der Waals surface area (Å²) in [5, 5.41) is 12.8. The van der Waals surface area contributed by atoms with Crippen molar-refractivity contribution in [2.45, 2.75) is 19.0 Å². The summed E-state index contributed by atoms with van der Waals surface area (Å²) in [4.78, 5) is 12.7. The van der Waals surface area contributed by atoms with Gasteiger partial charge in [-0.15, -0.1) is 10.2 Å². The van der Waals surface area contributed by atoms with E-state index in [9.17, 15) is 4.79 Å². The molecular formula is C25H23ClN4O2S. The van der Waals surface area contributed by atoms with Crippen LogP contribution in [0.2, 0.25) is 5.02 Å². The summed E-state index contributed by atoms with van der Waals surface area (Å²) in [6.45, 7) is 4.02. The molecule has 0 aliphatic heterocycles. The first kappa shape index (κ1) is 22.9. The standard InChI is InChI=1S/C25H23ClN4O2S/c1-16-8-7-11-21(17(16)2)27-23(31)15-33-25-29-28-24(18-9-5-4-6-10-18)30(25)19-12-13-22(32-3)20(26)14-19/h4-14H,15H2,1-3H3,(H,27,31). The number of aromatic nitrogens is 3. The molecule has 3 aromatic carbocycles. The van der Waals surface area contributed by atoms with Crippen LogP contribution >= 0.6 is 23.4 Å². The maximum absolute atomic E-state index is 12.7. The van der Waals surface area contributed by atoms with Crippen LogP contribution in [0.3, 0.4) is 0 Å². The zero-order valence-corrected chi connectivity index (χ0v) is 20.1. The molecule has 168 valence electrons. The fraction of sp³-hybridized carbons (Fsp3) is 0.160. The minimum Gasteiger partial charge on any atom is -0.495 e. The van der Waals surface area contributed by atoms with Crippen molar-refractivity contribution < 1.29 is 9.53 Å². The zero-order valence-electron chi connectivity index (χ0n) is 18.5. The number of rotatable bonds is 7. The second kappa shape index (κ2) is 10.1. The molecule has 0 aliphatic carbocycles. The second-order valence-corrected chi connectivity index (χ2v) is 8.76. The molecule has 1 N–H and O–H groups in total. The average Bonchev–Trinajstić information content (AvgIpc) is 3.25. The highest BCUT2D eigenvalue weighted by molar-refractivity contribution is 7.99. The number of carbonyl (C=O) groups is 1. The van der Waals surface area contributed by atoms with Gasteiger partial charge in [0.15, 0.2) is 11.0 Å². The van der Waals surface area contributed by atoms with E-state index in [1.165, 1.54) is 11.8 Å². The Morgan fingerprint density at radius 3 is 2.58 bits per heavy atom. The third kappa shape index (κ3) is 5.05. The Kier molecular flexibility index (Phi) is 7.01. The maximum atomic E-state index is 12.7. The van der Waals surface area contributed by atoms with Crippen LogP contribution in [-0.2, 0) is 4.79 Å². The molecular weight excluding hydrogens is 456 g/mol. The predicted octanol–water partition coefficient (Wildman–Crippen LogP) is 5.94. The Labute approximate surface area is 202 Å². The number of nitrogens with one attached hydrogen (secondary N) is 1. The van der Waals surface area contributed by atoms with Crippen LogP contribution in [0.4, 0.5) is 5.69 Å². The molecule has 4 rings (SSSR count). The molecule has 4 aromatic rings. The van der Waals surface area contributed by atoms with E-state index in [4.69, 9.17) is 16.3 Å². The van der Waals surface area contributed by atoms with Crippen molar-refractivity contribution in [1.29, 1.82) is 0 Å². The number of hydrogen-bond acceptors (Lipinski definition) is 5. The lowest BCUT2D eigenvalue weighted by Crippen LogP contribution is -2.15. The summed E-state index contributed by atoms with van der Waals surface area (Å²) in [7, 11) is 1.57. The maximum Gasteiger partial charge on any atom is 0.234 e. The normalized spacial score (nSPS) is 10.8. The van der Waals surface area contributed by atoms with E-state index in [1.807, 2.05) is 73.0 Å². The number of ether oxygens (including phenoxy) is 1. The van der Waals surface area contributed by atoms with Gasteiger partial charge in [-0.05, 0) is 49.2 Å². The Hall–Kier alpha value is -3.29. The van der Waals surface area contributed by atoms with Crippen molar-refractivity contribution in [2.75, 3.05) is 18.2 Å². The molecule has 0 saturated heterocycles. The fourth-order valence-electron chi connectivity index (χ4n) is 3.37. The number of nitrogens with zero attached hydrogens (tertiary/aromatic N) is 3. The number of amides is 1. The first-order chi connectivity index (χ1) is 16.0. The minimum atomic E-state index is -0.114. The summed E-state index contributed by atoms with van der Waals surface area (Å²) in [6.07, 6.45) is 0. The summed E-state index contributed by atoms with van der Waals surface area (Å²) >= 11 is 7.71. The van der Waals surface area contributed by atoms with Gasteiger partial charge in [0, 0.05) is 11.3 Å². The molecule has 0 bridgehead atoms. The molecule has 6 nitrogen and oxygen atoms in total. The van der Waals surface area contributed by atoms with Gasteiger partial charge in [0.1, 0.15) is 5.75 Å². The van der Waals surface area contributed by atoms with Crippen molar-refractivity contribution in [2.24, 2.45) is 0 Å². The molecule has 33 heavy (non-hydrogen) atoms. The number of thioether (sulfide) groups is 1. The van der Waals surface area contributed by atoms with Crippen LogP contribution in [0.25, 0.3) is 17.1 Å². The van der Waals surface area contributed by atoms with E-state index in [0.29, 0.717) is 21.8 Å². The van der Waals surface area contributed by atoms with E-state index >= 15 is 0 Å². The van der Waals surface area contributed by atoms with Crippen molar-refractivity contribution >= 4 is 35.0 Å². The molecule has 1 heterocycles. The SMILES string of the molecule is COc1ccc(-n2c(SCC(=O)Nc3cccc(C)c3C)nnc2-c2ccccc2)cc1Cl. The highest BCUT2D eigenvalue weighted by atomic mass is 35.5. The van der Waals surface area contributed by atoms with E-state index in [-0.39, 0.29) is 11.7 Å². The van der Waals surface area contributed by atoms with E-state index < -0.39 is 0 Å². The van der Waals surface area contributed by atoms with Gasteiger partial charge in [-0.3, -0.25) is 9.36 Å². The van der Waals surface area contributed by atoms with Crippen LogP contribution < -0.4 is 10.1 Å². The lowest BCUT2D eigenvalue weighted by Gasteiger charge is -2.13. The third-order valence-corrected chi connectivity index (χ3v) is 6.49. The summed E-state index contributed by atoms with van der Waals surface area (Å²) in [5.74, 6) is 1.31. The molecule has 0 spiro atoms. The number of hydrogen-bond donors (Lipinski definition) is 1. The van der Waals surface area contributed by atoms with Crippen LogP contribution in [0.1, 0.15) is 11.1 Å². The molecule has 0 fully saturated rings. The van der Waals surface area contributed by atoms with Crippen molar-refractivity contribution in [3.63, 3.8) is 0 Å². The van der Waals surface area contributed by atoms with Gasteiger partial charge in [-0.1, -0.05) is 65.8 Å². The van der Waals surface area contributed by atoms with Crippen molar-refractivity contribution in [3.8, 4) is 22.8 Å². The number of methoxy groups -OCH3 is 1. The number of aryl methyl sites for hydroxylation is 1. The Balaban J connectivity index is 1.63. The molecule has 0 unspecified atom stereocenters. The van der Waals surface area contributed by atoms with Gasteiger partial charge < -0.3 is 10.1 Å². The molecule has 0 radical (unpaired) electrons. The molecule has 0 atom stereocenters. The largest absolute Gasteiger partial charge is 0.495 e. The monoisotopic (exact) mass is 478 g/mol. The highest BCUT2D eigenvalue weighted by Crippen LogP contribution is 2.32. The molecule has 1 amide bonds. The van der Waals surface area contributed by atoms with E-state index in [1.54, 1.807) is 19.2 Å². The average molecular weight is 479 g/mol. The summed E-state index contributed by atoms with van der Waals surface area (Å²) in [6, 6.07) is 21.1. The van der Waals surface area contributed by atoms with Crippen LogP contribution in [0.5, 0.6) is 5.75 Å². The molecule has 1 aromatic heterocycles. The van der Waals surface area contributed by atoms with Crippen molar-refractivity contribution in [1.82, 2.24) is 14.8 Å². The van der Waals surface area contributed by atoms with Crippen LogP contribution in [-0.4, -0.2) is 33.5 Å². The topological polar surface area (TPSA) is 69.0 Å². The molecule has 8 heteroatoms. The van der Waals surface area contributed by atoms with Gasteiger partial charge in [-0.25, -0.2) is 0 Å². The zero-order chi connectivity index (χ0) is 23.4.